The number of nitrogens with zero attached hydrogens (tertiary/aromatic N) is 1. The maximum absolute atomic E-state index is 12.0. The molecule has 1 aromatic carbocycles. The number of nitrogens with one attached hydrogen (secondary N) is 1. The number of hydrogen-bond donors (Lipinski definition) is 2. The number of anilines is 1. The van der Waals surface area contributed by atoms with E-state index in [2.05, 4.69) is 5.32 Å². The molecule has 0 aliphatic carbocycles. The number of halogens is 1. The van der Waals surface area contributed by atoms with Crippen molar-refractivity contribution in [1.29, 1.82) is 0 Å². The lowest BCUT2D eigenvalue weighted by Crippen LogP contribution is -2.36. The highest BCUT2D eigenvalue weighted by Crippen LogP contribution is 2.22. The Morgan fingerprint density at radius 1 is 1.43 bits per heavy atom. The lowest BCUT2D eigenvalue weighted by atomic mass is 10.1. The van der Waals surface area contributed by atoms with Gasteiger partial charge in [-0.2, -0.15) is 11.8 Å². The van der Waals surface area contributed by atoms with E-state index in [1.807, 2.05) is 6.26 Å². The minimum absolute atomic E-state index is 0.220. The Bertz CT molecular complexity index is 523. The minimum atomic E-state index is -0.568. The van der Waals surface area contributed by atoms with Crippen LogP contribution in [-0.4, -0.2) is 48.9 Å². The Hall–Kier alpha value is -1.24. The Morgan fingerprint density at radius 3 is 2.67 bits per heavy atom. The molecule has 0 saturated heterocycles. The van der Waals surface area contributed by atoms with E-state index in [0.717, 1.165) is 5.75 Å². The molecule has 2 amide bonds. The number of amides is 2. The fraction of sp³-hybridized carbons (Fsp3) is 0.429. The van der Waals surface area contributed by atoms with Crippen molar-refractivity contribution >= 4 is 40.9 Å². The standard InChI is InChI=1S/C14H20ClN3O2S/c1-18(2)14(20)10-8-9(4-5-11(10)15)17-13(19)12(16)6-7-21-3/h4-5,8,12H,6-7,16H2,1-3H3,(H,17,19)/t12-/m0/s1. The molecule has 0 aromatic heterocycles. The first-order chi connectivity index (χ1) is 9.86. The molecule has 1 atom stereocenters. The normalized spacial score (nSPS) is 11.9. The third-order valence-electron chi connectivity index (χ3n) is 2.84. The van der Waals surface area contributed by atoms with E-state index in [-0.39, 0.29) is 11.8 Å². The van der Waals surface area contributed by atoms with E-state index < -0.39 is 6.04 Å². The molecule has 0 saturated carbocycles. The van der Waals surface area contributed by atoms with Crippen LogP contribution in [0.4, 0.5) is 5.69 Å². The van der Waals surface area contributed by atoms with Crippen LogP contribution in [0.15, 0.2) is 18.2 Å². The molecular formula is C14H20ClN3O2S. The van der Waals surface area contributed by atoms with Crippen molar-refractivity contribution < 1.29 is 9.59 Å². The Balaban J connectivity index is 2.83. The van der Waals surface area contributed by atoms with Crippen LogP contribution in [-0.2, 0) is 4.79 Å². The molecule has 21 heavy (non-hydrogen) atoms. The van der Waals surface area contributed by atoms with Gasteiger partial charge < -0.3 is 16.0 Å². The molecule has 3 N–H and O–H groups in total. The number of benzene rings is 1. The summed E-state index contributed by atoms with van der Waals surface area (Å²) in [6.45, 7) is 0. The summed E-state index contributed by atoms with van der Waals surface area (Å²) in [5.74, 6) is 0.331. The molecule has 0 bridgehead atoms. The maximum Gasteiger partial charge on any atom is 0.254 e. The summed E-state index contributed by atoms with van der Waals surface area (Å²) in [4.78, 5) is 25.4. The Kier molecular flexibility index (Phi) is 7.01. The van der Waals surface area contributed by atoms with Crippen LogP contribution in [0.25, 0.3) is 0 Å². The first-order valence-corrected chi connectivity index (χ1v) is 8.20. The minimum Gasteiger partial charge on any atom is -0.345 e. The quantitative estimate of drug-likeness (QED) is 0.837. The summed E-state index contributed by atoms with van der Waals surface area (Å²) >= 11 is 7.65. The summed E-state index contributed by atoms with van der Waals surface area (Å²) in [5.41, 5.74) is 6.65. The fourth-order valence-corrected chi connectivity index (χ4v) is 2.31. The molecule has 7 heteroatoms. The lowest BCUT2D eigenvalue weighted by molar-refractivity contribution is -0.117. The van der Waals surface area contributed by atoms with Crippen LogP contribution >= 0.6 is 23.4 Å². The maximum atomic E-state index is 12.0. The third kappa shape index (κ3) is 5.22. The second-order valence-electron chi connectivity index (χ2n) is 4.77. The fourth-order valence-electron chi connectivity index (χ4n) is 1.62. The first kappa shape index (κ1) is 17.8. The van der Waals surface area contributed by atoms with Gasteiger partial charge in [0.2, 0.25) is 5.91 Å². The summed E-state index contributed by atoms with van der Waals surface area (Å²) < 4.78 is 0. The van der Waals surface area contributed by atoms with Gasteiger partial charge in [0.05, 0.1) is 16.6 Å². The van der Waals surface area contributed by atoms with E-state index >= 15 is 0 Å². The van der Waals surface area contributed by atoms with Crippen LogP contribution in [0.1, 0.15) is 16.8 Å². The van der Waals surface area contributed by atoms with E-state index in [4.69, 9.17) is 17.3 Å². The van der Waals surface area contributed by atoms with Crippen LogP contribution in [0.3, 0.4) is 0 Å². The highest BCUT2D eigenvalue weighted by molar-refractivity contribution is 7.98. The van der Waals surface area contributed by atoms with Crippen LogP contribution in [0, 0.1) is 0 Å². The van der Waals surface area contributed by atoms with Crippen LogP contribution in [0.2, 0.25) is 5.02 Å². The number of thioether (sulfide) groups is 1. The second-order valence-corrected chi connectivity index (χ2v) is 6.16. The van der Waals surface area contributed by atoms with Crippen molar-refractivity contribution in [3.05, 3.63) is 28.8 Å². The first-order valence-electron chi connectivity index (χ1n) is 6.43. The van der Waals surface area contributed by atoms with Crippen LogP contribution in [0.5, 0.6) is 0 Å². The molecule has 0 unspecified atom stereocenters. The molecule has 1 aromatic rings. The highest BCUT2D eigenvalue weighted by atomic mass is 35.5. The van der Waals surface area contributed by atoms with Gasteiger partial charge in [0.1, 0.15) is 0 Å². The highest BCUT2D eigenvalue weighted by Gasteiger charge is 2.16. The molecule has 116 valence electrons. The van der Waals surface area contributed by atoms with Crippen molar-refractivity contribution in [1.82, 2.24) is 4.90 Å². The molecular weight excluding hydrogens is 310 g/mol. The molecule has 5 nitrogen and oxygen atoms in total. The topological polar surface area (TPSA) is 75.4 Å². The zero-order valence-electron chi connectivity index (χ0n) is 12.4. The number of carbonyl (C=O) groups excluding carboxylic acids is 2. The molecule has 1 rings (SSSR count). The van der Waals surface area contributed by atoms with Gasteiger partial charge in [0, 0.05) is 19.8 Å². The van der Waals surface area contributed by atoms with Gasteiger partial charge in [0.15, 0.2) is 0 Å². The van der Waals surface area contributed by atoms with E-state index in [1.54, 1.807) is 44.1 Å². The van der Waals surface area contributed by atoms with Gasteiger partial charge in [-0.15, -0.1) is 0 Å². The van der Waals surface area contributed by atoms with Gasteiger partial charge in [-0.3, -0.25) is 9.59 Å². The molecule has 0 aliphatic heterocycles. The van der Waals surface area contributed by atoms with E-state index in [0.29, 0.717) is 22.7 Å². The monoisotopic (exact) mass is 329 g/mol. The summed E-state index contributed by atoms with van der Waals surface area (Å²) in [5, 5.41) is 3.06. The van der Waals surface area contributed by atoms with Crippen molar-refractivity contribution in [2.75, 3.05) is 31.4 Å². The molecule has 0 aliphatic rings. The predicted octanol–water partition coefficient (Wildman–Crippen LogP) is 2.06. The van der Waals surface area contributed by atoms with Gasteiger partial charge in [-0.1, -0.05) is 11.6 Å². The SMILES string of the molecule is CSCC[C@H](N)C(=O)Nc1ccc(Cl)c(C(=O)N(C)C)c1. The Morgan fingerprint density at radius 2 is 2.10 bits per heavy atom. The molecule has 0 spiro atoms. The van der Waals surface area contributed by atoms with Crippen molar-refractivity contribution in [3.63, 3.8) is 0 Å². The van der Waals surface area contributed by atoms with E-state index in [9.17, 15) is 9.59 Å². The zero-order chi connectivity index (χ0) is 16.0. The Labute approximate surface area is 134 Å². The van der Waals surface area contributed by atoms with Crippen LogP contribution < -0.4 is 11.1 Å². The average Bonchev–Trinajstić information content (AvgIpc) is 2.45. The number of hydrogen-bond acceptors (Lipinski definition) is 4. The second kappa shape index (κ2) is 8.26. The van der Waals surface area contributed by atoms with Crippen molar-refractivity contribution in [3.8, 4) is 0 Å². The number of carbonyl (C=O) groups is 2. The molecule has 0 fully saturated rings. The molecule has 0 heterocycles. The summed E-state index contributed by atoms with van der Waals surface area (Å²) in [6.07, 6.45) is 2.56. The number of rotatable bonds is 6. The van der Waals surface area contributed by atoms with E-state index in [1.165, 1.54) is 4.90 Å². The third-order valence-corrected chi connectivity index (χ3v) is 3.81. The van der Waals surface area contributed by atoms with Gasteiger partial charge in [-0.25, -0.2) is 0 Å². The van der Waals surface area contributed by atoms with Crippen molar-refractivity contribution in [2.45, 2.75) is 12.5 Å². The summed E-state index contributed by atoms with van der Waals surface area (Å²) in [7, 11) is 3.28. The van der Waals surface area contributed by atoms with Gasteiger partial charge in [0.25, 0.3) is 5.91 Å². The van der Waals surface area contributed by atoms with Gasteiger partial charge in [-0.05, 0) is 36.6 Å². The zero-order valence-corrected chi connectivity index (χ0v) is 13.9. The van der Waals surface area contributed by atoms with Gasteiger partial charge >= 0.3 is 0 Å². The largest absolute Gasteiger partial charge is 0.345 e. The molecule has 0 radical (unpaired) electrons. The smallest absolute Gasteiger partial charge is 0.254 e. The predicted molar refractivity (Wildman–Crippen MR) is 89.1 cm³/mol. The van der Waals surface area contributed by atoms with Crippen molar-refractivity contribution in [2.24, 2.45) is 5.73 Å². The lowest BCUT2D eigenvalue weighted by Gasteiger charge is -2.15. The average molecular weight is 330 g/mol. The summed E-state index contributed by atoms with van der Waals surface area (Å²) in [6, 6.07) is 4.22. The number of nitrogens with two attached hydrogens (primary N) is 1.